The Morgan fingerprint density at radius 1 is 1.08 bits per heavy atom. The van der Waals surface area contributed by atoms with Crippen molar-refractivity contribution >= 4 is 33.1 Å². The number of rotatable bonds is 6. The molecule has 1 saturated heterocycles. The Balaban J connectivity index is 1.19. The summed E-state index contributed by atoms with van der Waals surface area (Å²) in [6, 6.07) is 13.7. The number of nitrogens with one attached hydrogen (secondary N) is 2. The van der Waals surface area contributed by atoms with Crippen molar-refractivity contribution in [1.82, 2.24) is 20.2 Å². The van der Waals surface area contributed by atoms with Gasteiger partial charge in [0.25, 0.3) is 0 Å². The largest absolute Gasteiger partial charge is 0.326 e. The molecule has 6 nitrogen and oxygen atoms in total. The van der Waals surface area contributed by atoms with Crippen LogP contribution in [0.5, 0.6) is 0 Å². The van der Waals surface area contributed by atoms with E-state index in [1.165, 1.54) is 28.8 Å². The Bertz CT molecular complexity index is 1450. The monoisotopic (exact) mass is 529 g/mol. The van der Waals surface area contributed by atoms with Gasteiger partial charge >= 0.3 is 0 Å². The highest BCUT2D eigenvalue weighted by atomic mass is 32.1. The number of thiophene rings is 1. The minimum absolute atomic E-state index is 0.166. The summed E-state index contributed by atoms with van der Waals surface area (Å²) in [5, 5.41) is 6.06. The minimum Gasteiger partial charge on any atom is -0.326 e. The third kappa shape index (κ3) is 5.34. The summed E-state index contributed by atoms with van der Waals surface area (Å²) in [6.45, 7) is 6.60. The zero-order valence-electron chi connectivity index (χ0n) is 21.5. The predicted octanol–water partition coefficient (Wildman–Crippen LogP) is 5.91. The quantitative estimate of drug-likeness (QED) is 0.325. The second-order valence-electron chi connectivity index (χ2n) is 10.4. The summed E-state index contributed by atoms with van der Waals surface area (Å²) in [5.41, 5.74) is 5.77. The van der Waals surface area contributed by atoms with Crippen molar-refractivity contribution in [2.45, 2.75) is 44.6 Å². The van der Waals surface area contributed by atoms with Crippen molar-refractivity contribution in [2.75, 3.05) is 31.5 Å². The molecule has 1 aromatic carbocycles. The number of aromatic nitrogens is 2. The summed E-state index contributed by atoms with van der Waals surface area (Å²) in [7, 11) is 0. The molecule has 196 valence electrons. The van der Waals surface area contributed by atoms with Crippen molar-refractivity contribution in [3.05, 3.63) is 77.4 Å². The molecule has 0 bridgehead atoms. The van der Waals surface area contributed by atoms with Gasteiger partial charge in [0.05, 0.1) is 20.8 Å². The maximum Gasteiger partial charge on any atom is 0.221 e. The molecule has 0 spiro atoms. The van der Waals surface area contributed by atoms with E-state index in [-0.39, 0.29) is 17.6 Å². The SMILES string of the molecule is CC(=O)Nc1ccc(C2CCC(c3ccnc4cc(-c5ccc(CN6CCNCC6)cn5)sc34)C2)c(F)c1. The third-order valence-electron chi connectivity index (χ3n) is 7.77. The second kappa shape index (κ2) is 10.9. The normalized spacial score (nSPS) is 20.2. The van der Waals surface area contributed by atoms with Crippen molar-refractivity contribution in [3.8, 4) is 10.6 Å². The first-order chi connectivity index (χ1) is 18.5. The van der Waals surface area contributed by atoms with E-state index in [0.717, 1.165) is 73.6 Å². The average Bonchev–Trinajstić information content (AvgIpc) is 3.57. The number of carbonyl (C=O) groups excluding carboxylic acids is 1. The fraction of sp³-hybridized carbons (Fsp3) is 0.367. The number of benzene rings is 1. The molecule has 2 atom stereocenters. The van der Waals surface area contributed by atoms with E-state index >= 15 is 0 Å². The molecular formula is C30H32FN5OS. The molecule has 38 heavy (non-hydrogen) atoms. The van der Waals surface area contributed by atoms with Gasteiger partial charge in [-0.25, -0.2) is 4.39 Å². The smallest absolute Gasteiger partial charge is 0.221 e. The summed E-state index contributed by atoms with van der Waals surface area (Å²) < 4.78 is 16.1. The Morgan fingerprint density at radius 2 is 1.89 bits per heavy atom. The van der Waals surface area contributed by atoms with Crippen molar-refractivity contribution < 1.29 is 9.18 Å². The van der Waals surface area contributed by atoms with Crippen LogP contribution in [0.3, 0.4) is 0 Å². The minimum atomic E-state index is -0.244. The molecule has 8 heteroatoms. The maximum atomic E-state index is 14.9. The molecule has 1 aliphatic heterocycles. The summed E-state index contributed by atoms with van der Waals surface area (Å²) in [4.78, 5) is 24.3. The van der Waals surface area contributed by atoms with E-state index < -0.39 is 0 Å². The Labute approximate surface area is 226 Å². The van der Waals surface area contributed by atoms with E-state index in [1.807, 2.05) is 18.5 Å². The molecule has 2 N–H and O–H groups in total. The number of halogens is 1. The lowest BCUT2D eigenvalue weighted by molar-refractivity contribution is -0.114. The van der Waals surface area contributed by atoms with Crippen molar-refractivity contribution in [3.63, 3.8) is 0 Å². The Morgan fingerprint density at radius 3 is 2.63 bits per heavy atom. The van der Waals surface area contributed by atoms with Gasteiger partial charge in [0.1, 0.15) is 5.82 Å². The van der Waals surface area contributed by atoms with E-state index in [4.69, 9.17) is 4.98 Å². The van der Waals surface area contributed by atoms with Gasteiger partial charge in [-0.3, -0.25) is 19.7 Å². The number of nitrogens with zero attached hydrogens (tertiary/aromatic N) is 3. The molecule has 1 saturated carbocycles. The highest BCUT2D eigenvalue weighted by Crippen LogP contribution is 2.47. The molecule has 6 rings (SSSR count). The van der Waals surface area contributed by atoms with Crippen LogP contribution in [0.25, 0.3) is 20.8 Å². The lowest BCUT2D eigenvalue weighted by Gasteiger charge is -2.27. The van der Waals surface area contributed by atoms with Crippen LogP contribution in [0.2, 0.25) is 0 Å². The van der Waals surface area contributed by atoms with Crippen LogP contribution in [0.4, 0.5) is 10.1 Å². The molecule has 2 aliphatic rings. The summed E-state index contributed by atoms with van der Waals surface area (Å²) >= 11 is 1.76. The number of hydrogen-bond acceptors (Lipinski definition) is 6. The molecular weight excluding hydrogens is 497 g/mol. The Hall–Kier alpha value is -3.20. The lowest BCUT2D eigenvalue weighted by atomic mass is 9.93. The first kappa shape index (κ1) is 25.1. The number of pyridine rings is 2. The zero-order chi connectivity index (χ0) is 26.1. The van der Waals surface area contributed by atoms with Gasteiger partial charge in [-0.15, -0.1) is 11.3 Å². The van der Waals surface area contributed by atoms with Gasteiger partial charge in [0.2, 0.25) is 5.91 Å². The molecule has 1 aliphatic carbocycles. The van der Waals surface area contributed by atoms with Crippen molar-refractivity contribution in [2.24, 2.45) is 0 Å². The van der Waals surface area contributed by atoms with E-state index in [2.05, 4.69) is 44.8 Å². The van der Waals surface area contributed by atoms with E-state index in [1.54, 1.807) is 17.4 Å². The first-order valence-corrected chi connectivity index (χ1v) is 14.2. The number of carbonyl (C=O) groups is 1. The van der Waals surface area contributed by atoms with Gasteiger partial charge in [-0.2, -0.15) is 0 Å². The number of piperazine rings is 1. The lowest BCUT2D eigenvalue weighted by Crippen LogP contribution is -2.42. The maximum absolute atomic E-state index is 14.9. The first-order valence-electron chi connectivity index (χ1n) is 13.4. The van der Waals surface area contributed by atoms with Crippen LogP contribution >= 0.6 is 11.3 Å². The third-order valence-corrected chi connectivity index (χ3v) is 8.96. The zero-order valence-corrected chi connectivity index (χ0v) is 22.4. The summed E-state index contributed by atoms with van der Waals surface area (Å²) in [5.74, 6) is 0.0860. The van der Waals surface area contributed by atoms with Crippen LogP contribution in [0.1, 0.15) is 54.7 Å². The highest BCUT2D eigenvalue weighted by molar-refractivity contribution is 7.22. The number of anilines is 1. The van der Waals surface area contributed by atoms with Crippen LogP contribution in [0.15, 0.2) is 54.9 Å². The predicted molar refractivity (Wildman–Crippen MR) is 151 cm³/mol. The molecule has 3 aromatic heterocycles. The van der Waals surface area contributed by atoms with Crippen LogP contribution in [-0.4, -0.2) is 47.0 Å². The van der Waals surface area contributed by atoms with Gasteiger partial charge in [0.15, 0.2) is 0 Å². The molecule has 2 fully saturated rings. The van der Waals surface area contributed by atoms with Gasteiger partial charge in [0, 0.05) is 57.7 Å². The number of hydrogen-bond donors (Lipinski definition) is 2. The van der Waals surface area contributed by atoms with Crippen LogP contribution in [-0.2, 0) is 11.3 Å². The van der Waals surface area contributed by atoms with Crippen molar-refractivity contribution in [1.29, 1.82) is 0 Å². The molecule has 1 amide bonds. The molecule has 2 unspecified atom stereocenters. The molecule has 0 radical (unpaired) electrons. The highest BCUT2D eigenvalue weighted by Gasteiger charge is 2.30. The van der Waals surface area contributed by atoms with Crippen LogP contribution in [0, 0.1) is 5.82 Å². The fourth-order valence-electron chi connectivity index (χ4n) is 5.88. The fourth-order valence-corrected chi connectivity index (χ4v) is 7.07. The van der Waals surface area contributed by atoms with Gasteiger partial charge < -0.3 is 10.6 Å². The standard InChI is InChI=1S/C30H32FN5OS/c1-19(37)35-23-5-6-24(26(31)15-23)21-3-4-22(14-21)25-8-9-33-28-16-29(38-30(25)28)27-7-2-20(17-34-27)18-36-12-10-32-11-13-36/h2,5-9,15-17,21-22,32H,3-4,10-14,18H2,1H3,(H,35,37). The number of fused-ring (bicyclic) bond motifs is 1. The molecule has 4 heterocycles. The Kier molecular flexibility index (Phi) is 7.19. The second-order valence-corrected chi connectivity index (χ2v) is 11.5. The van der Waals surface area contributed by atoms with E-state index in [9.17, 15) is 9.18 Å². The average molecular weight is 530 g/mol. The topological polar surface area (TPSA) is 70.2 Å². The number of amides is 1. The van der Waals surface area contributed by atoms with Gasteiger partial charge in [-0.1, -0.05) is 12.1 Å². The molecule has 4 aromatic rings. The van der Waals surface area contributed by atoms with Crippen LogP contribution < -0.4 is 10.6 Å². The van der Waals surface area contributed by atoms with E-state index in [0.29, 0.717) is 11.6 Å². The van der Waals surface area contributed by atoms with Gasteiger partial charge in [-0.05, 0) is 78.1 Å². The summed E-state index contributed by atoms with van der Waals surface area (Å²) in [6.07, 6.45) is 6.77.